The molecule has 0 saturated heterocycles. The zero-order valence-electron chi connectivity index (χ0n) is 8.33. The summed E-state index contributed by atoms with van der Waals surface area (Å²) in [7, 11) is 0. The second-order valence-electron chi connectivity index (χ2n) is 3.23. The fourth-order valence-corrected chi connectivity index (χ4v) is 1.60. The van der Waals surface area contributed by atoms with E-state index in [0.29, 0.717) is 16.1 Å². The topological polar surface area (TPSA) is 78.0 Å². The number of halogens is 1. The van der Waals surface area contributed by atoms with E-state index in [1.54, 1.807) is 18.5 Å². The molecule has 2 aromatic heterocycles. The number of aliphatic hydroxyl groups excluding tert-OH is 1. The SMILES string of the molecule is O=C(NCCO)c1c[nH]c2cc(Cl)ncc12. The molecule has 16 heavy (non-hydrogen) atoms. The second-order valence-corrected chi connectivity index (χ2v) is 3.62. The van der Waals surface area contributed by atoms with Crippen LogP contribution in [0.1, 0.15) is 10.4 Å². The maximum Gasteiger partial charge on any atom is 0.253 e. The van der Waals surface area contributed by atoms with Gasteiger partial charge < -0.3 is 15.4 Å². The number of aliphatic hydroxyl groups is 1. The predicted molar refractivity (Wildman–Crippen MR) is 60.5 cm³/mol. The Labute approximate surface area is 96.4 Å². The molecule has 6 heteroatoms. The summed E-state index contributed by atoms with van der Waals surface area (Å²) < 4.78 is 0. The number of amides is 1. The molecule has 5 nitrogen and oxygen atoms in total. The summed E-state index contributed by atoms with van der Waals surface area (Å²) in [6.07, 6.45) is 3.14. The average Bonchev–Trinajstić information content (AvgIpc) is 2.68. The number of carbonyl (C=O) groups is 1. The van der Waals surface area contributed by atoms with E-state index in [2.05, 4.69) is 15.3 Å². The normalized spacial score (nSPS) is 10.6. The van der Waals surface area contributed by atoms with Crippen molar-refractivity contribution >= 4 is 28.4 Å². The van der Waals surface area contributed by atoms with Crippen LogP contribution in [0, 0.1) is 0 Å². The number of aromatic amines is 1. The minimum absolute atomic E-state index is 0.0851. The zero-order valence-corrected chi connectivity index (χ0v) is 9.08. The monoisotopic (exact) mass is 239 g/mol. The van der Waals surface area contributed by atoms with Crippen molar-refractivity contribution in [2.75, 3.05) is 13.2 Å². The summed E-state index contributed by atoms with van der Waals surface area (Å²) in [6, 6.07) is 1.65. The van der Waals surface area contributed by atoms with Gasteiger partial charge in [-0.1, -0.05) is 11.6 Å². The number of H-pyrrole nitrogens is 1. The smallest absolute Gasteiger partial charge is 0.253 e. The van der Waals surface area contributed by atoms with Gasteiger partial charge in [0.05, 0.1) is 17.7 Å². The summed E-state index contributed by atoms with van der Waals surface area (Å²) in [6.45, 7) is 0.144. The van der Waals surface area contributed by atoms with E-state index < -0.39 is 0 Å². The minimum atomic E-state index is -0.246. The third kappa shape index (κ3) is 2.00. The quantitative estimate of drug-likeness (QED) is 0.698. The molecule has 84 valence electrons. The molecular weight excluding hydrogens is 230 g/mol. The van der Waals surface area contributed by atoms with Gasteiger partial charge in [0, 0.05) is 24.3 Å². The summed E-state index contributed by atoms with van der Waals surface area (Å²) in [4.78, 5) is 18.5. The highest BCUT2D eigenvalue weighted by atomic mass is 35.5. The Morgan fingerprint density at radius 2 is 2.44 bits per heavy atom. The summed E-state index contributed by atoms with van der Waals surface area (Å²) >= 11 is 5.73. The average molecular weight is 240 g/mol. The van der Waals surface area contributed by atoms with Crippen LogP contribution >= 0.6 is 11.6 Å². The summed E-state index contributed by atoms with van der Waals surface area (Å²) in [5.41, 5.74) is 1.25. The van der Waals surface area contributed by atoms with Gasteiger partial charge >= 0.3 is 0 Å². The molecule has 0 atom stereocenters. The van der Waals surface area contributed by atoms with E-state index in [0.717, 1.165) is 5.52 Å². The Morgan fingerprint density at radius 1 is 1.62 bits per heavy atom. The van der Waals surface area contributed by atoms with Crippen LogP contribution in [0.5, 0.6) is 0 Å². The highest BCUT2D eigenvalue weighted by Gasteiger charge is 2.11. The highest BCUT2D eigenvalue weighted by Crippen LogP contribution is 2.19. The fraction of sp³-hybridized carbons (Fsp3) is 0.200. The molecule has 2 aromatic rings. The molecule has 0 aliphatic rings. The van der Waals surface area contributed by atoms with Crippen molar-refractivity contribution < 1.29 is 9.90 Å². The molecule has 0 saturated carbocycles. The second kappa shape index (κ2) is 4.51. The number of pyridine rings is 1. The van der Waals surface area contributed by atoms with Crippen LogP contribution in [0.4, 0.5) is 0 Å². The first-order valence-electron chi connectivity index (χ1n) is 4.74. The number of nitrogens with one attached hydrogen (secondary N) is 2. The number of fused-ring (bicyclic) bond motifs is 1. The number of hydrogen-bond donors (Lipinski definition) is 3. The highest BCUT2D eigenvalue weighted by molar-refractivity contribution is 6.30. The molecule has 2 rings (SSSR count). The maximum atomic E-state index is 11.7. The first-order chi connectivity index (χ1) is 7.72. The summed E-state index contributed by atoms with van der Waals surface area (Å²) in [5, 5.41) is 12.3. The molecule has 0 radical (unpaired) electrons. The number of hydrogen-bond acceptors (Lipinski definition) is 3. The Kier molecular flexibility index (Phi) is 3.07. The van der Waals surface area contributed by atoms with Crippen LogP contribution < -0.4 is 5.32 Å². The molecule has 0 aliphatic heterocycles. The van der Waals surface area contributed by atoms with Gasteiger partial charge in [-0.05, 0) is 6.07 Å². The van der Waals surface area contributed by atoms with Crippen LogP contribution in [0.25, 0.3) is 10.9 Å². The van der Waals surface area contributed by atoms with Gasteiger partial charge in [-0.3, -0.25) is 4.79 Å². The lowest BCUT2D eigenvalue weighted by atomic mass is 10.2. The minimum Gasteiger partial charge on any atom is -0.395 e. The molecule has 1 amide bonds. The van der Waals surface area contributed by atoms with Crippen molar-refractivity contribution in [1.82, 2.24) is 15.3 Å². The third-order valence-electron chi connectivity index (χ3n) is 2.17. The van der Waals surface area contributed by atoms with Crippen molar-refractivity contribution in [2.45, 2.75) is 0 Å². The van der Waals surface area contributed by atoms with Crippen molar-refractivity contribution in [2.24, 2.45) is 0 Å². The van der Waals surface area contributed by atoms with E-state index in [-0.39, 0.29) is 19.1 Å². The Morgan fingerprint density at radius 3 is 3.19 bits per heavy atom. The van der Waals surface area contributed by atoms with Crippen LogP contribution in [-0.4, -0.2) is 34.1 Å². The van der Waals surface area contributed by atoms with Crippen molar-refractivity contribution in [3.05, 3.63) is 29.2 Å². The first-order valence-corrected chi connectivity index (χ1v) is 5.12. The van der Waals surface area contributed by atoms with Gasteiger partial charge in [-0.25, -0.2) is 4.98 Å². The van der Waals surface area contributed by atoms with E-state index >= 15 is 0 Å². The van der Waals surface area contributed by atoms with Crippen molar-refractivity contribution in [1.29, 1.82) is 0 Å². The Balaban J connectivity index is 2.34. The van der Waals surface area contributed by atoms with Gasteiger partial charge in [0.2, 0.25) is 0 Å². The standard InChI is InChI=1S/C10H10ClN3O2/c11-9-3-8-6(4-14-9)7(5-13-8)10(16)12-1-2-15/h3-5,13,15H,1-2H2,(H,12,16). The molecule has 0 bridgehead atoms. The molecule has 0 fully saturated rings. The largest absolute Gasteiger partial charge is 0.395 e. The maximum absolute atomic E-state index is 11.7. The number of nitrogens with zero attached hydrogens (tertiary/aromatic N) is 1. The van der Waals surface area contributed by atoms with Crippen LogP contribution in [-0.2, 0) is 0 Å². The molecule has 0 aromatic carbocycles. The first kappa shape index (κ1) is 10.9. The van der Waals surface area contributed by atoms with Gasteiger partial charge in [-0.15, -0.1) is 0 Å². The Bertz CT molecular complexity index is 524. The molecule has 0 spiro atoms. The van der Waals surface area contributed by atoms with Crippen LogP contribution in [0.3, 0.4) is 0 Å². The van der Waals surface area contributed by atoms with Gasteiger partial charge in [0.1, 0.15) is 5.15 Å². The van der Waals surface area contributed by atoms with E-state index in [1.165, 1.54) is 0 Å². The van der Waals surface area contributed by atoms with Gasteiger partial charge in [0.25, 0.3) is 5.91 Å². The fourth-order valence-electron chi connectivity index (χ4n) is 1.44. The summed E-state index contributed by atoms with van der Waals surface area (Å²) in [5.74, 6) is -0.246. The zero-order chi connectivity index (χ0) is 11.5. The van der Waals surface area contributed by atoms with Gasteiger partial charge in [-0.2, -0.15) is 0 Å². The van der Waals surface area contributed by atoms with Crippen LogP contribution in [0.2, 0.25) is 5.15 Å². The lowest BCUT2D eigenvalue weighted by Crippen LogP contribution is -2.26. The lowest BCUT2D eigenvalue weighted by molar-refractivity contribution is 0.0946. The number of carbonyl (C=O) groups excluding carboxylic acids is 1. The molecule has 3 N–H and O–H groups in total. The van der Waals surface area contributed by atoms with Gasteiger partial charge in [0.15, 0.2) is 0 Å². The number of aromatic nitrogens is 2. The van der Waals surface area contributed by atoms with Crippen molar-refractivity contribution in [3.63, 3.8) is 0 Å². The van der Waals surface area contributed by atoms with Crippen LogP contribution in [0.15, 0.2) is 18.5 Å². The molecule has 0 aliphatic carbocycles. The Hall–Kier alpha value is -1.59. The number of rotatable bonds is 3. The predicted octanol–water partition coefficient (Wildman–Crippen LogP) is 0.938. The molecule has 0 unspecified atom stereocenters. The van der Waals surface area contributed by atoms with Crippen molar-refractivity contribution in [3.8, 4) is 0 Å². The molecule has 2 heterocycles. The lowest BCUT2D eigenvalue weighted by Gasteiger charge is -2.00. The van der Waals surface area contributed by atoms with E-state index in [4.69, 9.17) is 16.7 Å². The molecular formula is C10H10ClN3O2. The van der Waals surface area contributed by atoms with E-state index in [1.807, 2.05) is 0 Å². The van der Waals surface area contributed by atoms with E-state index in [9.17, 15) is 4.79 Å². The third-order valence-corrected chi connectivity index (χ3v) is 2.38.